The summed E-state index contributed by atoms with van der Waals surface area (Å²) in [6, 6.07) is 9.52. The number of methoxy groups -OCH3 is 1. The minimum atomic E-state index is -0.372. The number of nitrogens with one attached hydrogen (secondary N) is 1. The Morgan fingerprint density at radius 2 is 1.95 bits per heavy atom. The van der Waals surface area contributed by atoms with Crippen molar-refractivity contribution in [2.24, 2.45) is 0 Å². The van der Waals surface area contributed by atoms with Crippen LogP contribution in [-0.2, 0) is 9.47 Å². The van der Waals surface area contributed by atoms with Crippen LogP contribution in [0.3, 0.4) is 0 Å². The van der Waals surface area contributed by atoms with E-state index < -0.39 is 0 Å². The summed E-state index contributed by atoms with van der Waals surface area (Å²) in [5.41, 5.74) is 4.37. The Morgan fingerprint density at radius 3 is 2.74 bits per heavy atom. The quantitative estimate of drug-likeness (QED) is 0.425. The van der Waals surface area contributed by atoms with E-state index in [2.05, 4.69) is 25.3 Å². The molecule has 6 rings (SSSR count). The third-order valence-corrected chi connectivity index (χ3v) is 6.95. The Balaban J connectivity index is 1.20. The predicted molar refractivity (Wildman–Crippen MR) is 137 cm³/mol. The first-order valence-corrected chi connectivity index (χ1v) is 12.4. The lowest BCUT2D eigenvalue weighted by Crippen LogP contribution is -2.48. The lowest BCUT2D eigenvalue weighted by molar-refractivity contribution is 0.0804. The number of rotatable bonds is 5. The van der Waals surface area contributed by atoms with Crippen molar-refractivity contribution in [2.45, 2.75) is 12.8 Å². The van der Waals surface area contributed by atoms with Gasteiger partial charge in [-0.15, -0.1) is 0 Å². The normalized spacial score (nSPS) is 15.9. The smallest absolute Gasteiger partial charge is 0.409 e. The van der Waals surface area contributed by atoms with Gasteiger partial charge in [0.25, 0.3) is 5.91 Å². The number of carbonyl (C=O) groups excluding carboxylic acids is 2. The van der Waals surface area contributed by atoms with Crippen LogP contribution in [0.4, 0.5) is 16.2 Å². The molecule has 2 fully saturated rings. The number of pyridine rings is 1. The number of hydrogen-bond acceptors (Lipinski definition) is 9. The van der Waals surface area contributed by atoms with Crippen LogP contribution in [0.15, 0.2) is 47.2 Å². The molecule has 0 bridgehead atoms. The number of fused-ring (bicyclic) bond motifs is 1. The average molecular weight is 518 g/mol. The average Bonchev–Trinajstić information content (AvgIpc) is 3.57. The van der Waals surface area contributed by atoms with Gasteiger partial charge in [0.05, 0.1) is 38.1 Å². The molecule has 0 aliphatic carbocycles. The summed E-state index contributed by atoms with van der Waals surface area (Å²) in [6.45, 7) is 5.82. The Labute approximate surface area is 218 Å². The van der Waals surface area contributed by atoms with Crippen molar-refractivity contribution in [3.05, 3.63) is 59.9 Å². The zero-order valence-corrected chi connectivity index (χ0v) is 21.1. The third kappa shape index (κ3) is 4.43. The summed E-state index contributed by atoms with van der Waals surface area (Å²) in [7, 11) is 1.35. The first-order valence-electron chi connectivity index (χ1n) is 12.4. The van der Waals surface area contributed by atoms with Gasteiger partial charge in [-0.25, -0.2) is 9.78 Å². The first kappa shape index (κ1) is 23.9. The zero-order valence-electron chi connectivity index (χ0n) is 21.1. The number of ether oxygens (including phenoxy) is 2. The van der Waals surface area contributed by atoms with Crippen LogP contribution in [0, 0.1) is 6.92 Å². The largest absolute Gasteiger partial charge is 0.453 e. The van der Waals surface area contributed by atoms with Crippen LogP contribution < -0.4 is 10.2 Å². The van der Waals surface area contributed by atoms with E-state index in [9.17, 15) is 9.59 Å². The molecular weight excluding hydrogens is 490 g/mol. The summed E-state index contributed by atoms with van der Waals surface area (Å²) in [4.78, 5) is 37.6. The van der Waals surface area contributed by atoms with Gasteiger partial charge < -0.3 is 29.1 Å². The molecule has 0 radical (unpaired) electrons. The second-order valence-electron chi connectivity index (χ2n) is 9.37. The van der Waals surface area contributed by atoms with E-state index in [0.717, 1.165) is 24.3 Å². The Hall–Kier alpha value is -4.45. The molecule has 1 aromatic carbocycles. The fourth-order valence-corrected chi connectivity index (χ4v) is 4.66. The number of aryl methyl sites for hydroxylation is 1. The lowest BCUT2D eigenvalue weighted by Gasteiger charge is -2.35. The van der Waals surface area contributed by atoms with Crippen molar-refractivity contribution in [1.82, 2.24) is 24.4 Å². The van der Waals surface area contributed by atoms with E-state index >= 15 is 0 Å². The Bertz CT molecular complexity index is 1500. The van der Waals surface area contributed by atoms with E-state index in [0.29, 0.717) is 60.6 Å². The third-order valence-electron chi connectivity index (χ3n) is 6.95. The molecule has 0 spiro atoms. The molecule has 2 aliphatic heterocycles. The summed E-state index contributed by atoms with van der Waals surface area (Å²) in [5.74, 6) is 0.575. The molecule has 12 nitrogen and oxygen atoms in total. The zero-order chi connectivity index (χ0) is 26.2. The van der Waals surface area contributed by atoms with E-state index in [1.807, 2.05) is 43.5 Å². The summed E-state index contributed by atoms with van der Waals surface area (Å²) >= 11 is 0. The molecule has 5 heterocycles. The SMILES string of the molecule is COC(=O)N1CC(c2nc(-c3ccc(C)c(NC(=O)c4cnc5ccc(N6CCOCC6)cn45)c3)no2)C1. The maximum atomic E-state index is 13.3. The van der Waals surface area contributed by atoms with Crippen LogP contribution >= 0.6 is 0 Å². The number of amides is 2. The molecule has 2 saturated heterocycles. The van der Waals surface area contributed by atoms with Crippen LogP contribution in [0.5, 0.6) is 0 Å². The summed E-state index contributed by atoms with van der Waals surface area (Å²) in [5, 5.41) is 7.13. The molecule has 2 aliphatic rings. The second-order valence-corrected chi connectivity index (χ2v) is 9.37. The van der Waals surface area contributed by atoms with Crippen LogP contribution in [0.25, 0.3) is 17.0 Å². The summed E-state index contributed by atoms with van der Waals surface area (Å²) in [6.07, 6.45) is 3.14. The number of carbonyl (C=O) groups is 2. The number of aromatic nitrogens is 4. The number of likely N-dealkylation sites (tertiary alicyclic amines) is 1. The Kier molecular flexibility index (Phi) is 6.16. The number of imidazole rings is 1. The number of benzene rings is 1. The molecule has 12 heteroatoms. The van der Waals surface area contributed by atoms with Gasteiger partial charge in [0, 0.05) is 43.6 Å². The van der Waals surface area contributed by atoms with Crippen molar-refractivity contribution in [3.8, 4) is 11.4 Å². The number of morpholine rings is 1. The fourth-order valence-electron chi connectivity index (χ4n) is 4.66. The highest BCUT2D eigenvalue weighted by Crippen LogP contribution is 2.29. The highest BCUT2D eigenvalue weighted by atomic mass is 16.5. The van der Waals surface area contributed by atoms with E-state index in [-0.39, 0.29) is 17.9 Å². The monoisotopic (exact) mass is 517 g/mol. The van der Waals surface area contributed by atoms with Gasteiger partial charge in [-0.1, -0.05) is 17.3 Å². The second kappa shape index (κ2) is 9.78. The highest BCUT2D eigenvalue weighted by molar-refractivity contribution is 6.04. The number of nitrogens with zero attached hydrogens (tertiary/aromatic N) is 6. The predicted octanol–water partition coefficient (Wildman–Crippen LogP) is 2.95. The van der Waals surface area contributed by atoms with Gasteiger partial charge in [-0.2, -0.15) is 4.98 Å². The van der Waals surface area contributed by atoms with Crippen molar-refractivity contribution >= 4 is 29.0 Å². The van der Waals surface area contributed by atoms with Crippen LogP contribution in [0.1, 0.15) is 27.9 Å². The molecule has 0 atom stereocenters. The van der Waals surface area contributed by atoms with Gasteiger partial charge in [0.2, 0.25) is 11.7 Å². The fraction of sp³-hybridized carbons (Fsp3) is 0.346. The molecule has 1 N–H and O–H groups in total. The molecule has 38 heavy (non-hydrogen) atoms. The molecule has 196 valence electrons. The maximum Gasteiger partial charge on any atom is 0.409 e. The topological polar surface area (TPSA) is 127 Å². The lowest BCUT2D eigenvalue weighted by atomic mass is 10.0. The highest BCUT2D eigenvalue weighted by Gasteiger charge is 2.36. The molecule has 4 aromatic rings. The van der Waals surface area contributed by atoms with E-state index in [1.165, 1.54) is 7.11 Å². The van der Waals surface area contributed by atoms with Crippen molar-refractivity contribution in [2.75, 3.05) is 56.7 Å². The van der Waals surface area contributed by atoms with Crippen molar-refractivity contribution in [3.63, 3.8) is 0 Å². The molecule has 3 aromatic heterocycles. The maximum absolute atomic E-state index is 13.3. The van der Waals surface area contributed by atoms with Crippen molar-refractivity contribution < 1.29 is 23.6 Å². The van der Waals surface area contributed by atoms with Gasteiger partial charge in [-0.3, -0.25) is 9.20 Å². The Morgan fingerprint density at radius 1 is 1.13 bits per heavy atom. The van der Waals surface area contributed by atoms with Crippen LogP contribution in [-0.4, -0.2) is 82.9 Å². The van der Waals surface area contributed by atoms with Gasteiger partial charge in [0.15, 0.2) is 0 Å². The van der Waals surface area contributed by atoms with Gasteiger partial charge in [-0.05, 0) is 30.7 Å². The first-order chi connectivity index (χ1) is 18.5. The number of anilines is 2. The van der Waals surface area contributed by atoms with Crippen molar-refractivity contribution in [1.29, 1.82) is 0 Å². The molecule has 0 unspecified atom stereocenters. The molecule has 2 amide bonds. The summed E-state index contributed by atoms with van der Waals surface area (Å²) < 4.78 is 17.4. The van der Waals surface area contributed by atoms with Gasteiger partial charge in [0.1, 0.15) is 11.3 Å². The number of hydrogen-bond donors (Lipinski definition) is 1. The standard InChI is InChI=1S/C26H27N7O5/c1-16-3-4-17(23-29-25(38-30-23)18-13-32(14-18)26(35)36-2)11-20(16)28-24(34)21-12-27-22-6-5-19(15-33(21)22)31-7-9-37-10-8-31/h3-6,11-12,15,18H,7-10,13-14H2,1-2H3,(H,28,34). The minimum Gasteiger partial charge on any atom is -0.453 e. The van der Waals surface area contributed by atoms with Gasteiger partial charge >= 0.3 is 6.09 Å². The molecular formula is C26H27N7O5. The van der Waals surface area contributed by atoms with E-state index in [4.69, 9.17) is 14.0 Å². The molecule has 0 saturated carbocycles. The minimum absolute atomic E-state index is 0.0301. The van der Waals surface area contributed by atoms with Crippen LogP contribution in [0.2, 0.25) is 0 Å². The van der Waals surface area contributed by atoms with E-state index in [1.54, 1.807) is 15.5 Å².